The molecule has 2 aliphatic rings. The van der Waals surface area contributed by atoms with E-state index in [9.17, 15) is 22.4 Å². The minimum atomic E-state index is -4.21. The molecule has 2 aliphatic heterocycles. The van der Waals surface area contributed by atoms with E-state index in [0.717, 1.165) is 30.2 Å². The SMILES string of the molecule is COC(=O)c1c(NS(=O)(=O)c2ccc(F)cc2Br)ccc2c1N(C(C)=O)C[C@H]1OCC[C@@H]21. The summed E-state index contributed by atoms with van der Waals surface area (Å²) in [5.41, 5.74) is 0.928. The van der Waals surface area contributed by atoms with E-state index in [2.05, 4.69) is 20.7 Å². The molecule has 1 saturated heterocycles. The summed E-state index contributed by atoms with van der Waals surface area (Å²) >= 11 is 3.06. The van der Waals surface area contributed by atoms with Gasteiger partial charge in [-0.2, -0.15) is 0 Å². The number of rotatable bonds is 4. The van der Waals surface area contributed by atoms with E-state index in [1.165, 1.54) is 25.0 Å². The fraction of sp³-hybridized carbons (Fsp3) is 0.333. The molecular formula is C21H20BrFN2O6S. The topological polar surface area (TPSA) is 102 Å². The van der Waals surface area contributed by atoms with Gasteiger partial charge >= 0.3 is 5.97 Å². The molecule has 0 aliphatic carbocycles. The summed E-state index contributed by atoms with van der Waals surface area (Å²) in [5, 5.41) is 0. The maximum atomic E-state index is 13.4. The molecule has 1 fully saturated rings. The number of sulfonamides is 1. The molecule has 0 radical (unpaired) electrons. The molecule has 2 atom stereocenters. The Kier molecular flexibility index (Phi) is 5.99. The average molecular weight is 527 g/mol. The third-order valence-electron chi connectivity index (χ3n) is 5.65. The van der Waals surface area contributed by atoms with Gasteiger partial charge in [0.1, 0.15) is 16.3 Å². The molecule has 170 valence electrons. The van der Waals surface area contributed by atoms with Crippen molar-refractivity contribution < 1.29 is 31.9 Å². The van der Waals surface area contributed by atoms with Crippen LogP contribution in [0.2, 0.25) is 0 Å². The summed E-state index contributed by atoms with van der Waals surface area (Å²) in [7, 11) is -3.03. The number of benzene rings is 2. The lowest BCUT2D eigenvalue weighted by Crippen LogP contribution is -2.43. The first-order valence-corrected chi connectivity index (χ1v) is 12.0. The Hall–Kier alpha value is -2.50. The first-order valence-electron chi connectivity index (χ1n) is 9.77. The number of methoxy groups -OCH3 is 1. The third kappa shape index (κ3) is 3.89. The van der Waals surface area contributed by atoms with Gasteiger partial charge in [-0.25, -0.2) is 17.6 Å². The van der Waals surface area contributed by atoms with Crippen molar-refractivity contribution in [3.63, 3.8) is 0 Å². The van der Waals surface area contributed by atoms with Crippen molar-refractivity contribution in [2.24, 2.45) is 0 Å². The van der Waals surface area contributed by atoms with E-state index in [1.54, 1.807) is 6.07 Å². The van der Waals surface area contributed by atoms with Gasteiger partial charge in [-0.1, -0.05) is 6.07 Å². The zero-order chi connectivity index (χ0) is 23.2. The quantitative estimate of drug-likeness (QED) is 0.612. The van der Waals surface area contributed by atoms with Gasteiger partial charge in [0.15, 0.2) is 0 Å². The van der Waals surface area contributed by atoms with Crippen LogP contribution >= 0.6 is 15.9 Å². The second-order valence-electron chi connectivity index (χ2n) is 7.53. The number of ether oxygens (including phenoxy) is 2. The number of hydrogen-bond donors (Lipinski definition) is 1. The molecule has 2 heterocycles. The van der Waals surface area contributed by atoms with Crippen LogP contribution in [0, 0.1) is 5.82 Å². The first-order chi connectivity index (χ1) is 15.1. The fourth-order valence-corrected chi connectivity index (χ4v) is 6.35. The zero-order valence-corrected chi connectivity index (χ0v) is 19.6. The number of anilines is 2. The second kappa shape index (κ2) is 8.45. The molecule has 0 unspecified atom stereocenters. The van der Waals surface area contributed by atoms with Crippen molar-refractivity contribution in [1.29, 1.82) is 0 Å². The van der Waals surface area contributed by atoms with Gasteiger partial charge in [0.05, 0.1) is 31.1 Å². The maximum Gasteiger partial charge on any atom is 0.342 e. The van der Waals surface area contributed by atoms with Gasteiger partial charge in [0.2, 0.25) is 5.91 Å². The Morgan fingerprint density at radius 3 is 2.69 bits per heavy atom. The van der Waals surface area contributed by atoms with Gasteiger partial charge in [-0.15, -0.1) is 0 Å². The van der Waals surface area contributed by atoms with Crippen molar-refractivity contribution in [1.82, 2.24) is 0 Å². The molecular weight excluding hydrogens is 507 g/mol. The van der Waals surface area contributed by atoms with Crippen LogP contribution in [0.5, 0.6) is 0 Å². The number of fused-ring (bicyclic) bond motifs is 3. The smallest absolute Gasteiger partial charge is 0.342 e. The van der Waals surface area contributed by atoms with Crippen LogP contribution < -0.4 is 9.62 Å². The van der Waals surface area contributed by atoms with Gasteiger partial charge < -0.3 is 14.4 Å². The van der Waals surface area contributed by atoms with Gasteiger partial charge in [-0.05, 0) is 52.2 Å². The third-order valence-corrected chi connectivity index (χ3v) is 7.99. The monoisotopic (exact) mass is 526 g/mol. The largest absolute Gasteiger partial charge is 0.465 e. The molecule has 1 N–H and O–H groups in total. The van der Waals surface area contributed by atoms with Crippen molar-refractivity contribution in [3.8, 4) is 0 Å². The lowest BCUT2D eigenvalue weighted by molar-refractivity contribution is -0.117. The highest BCUT2D eigenvalue weighted by molar-refractivity contribution is 9.10. The summed E-state index contributed by atoms with van der Waals surface area (Å²) in [6.07, 6.45) is 0.520. The number of nitrogens with zero attached hydrogens (tertiary/aromatic N) is 1. The minimum absolute atomic E-state index is 0.0267. The Morgan fingerprint density at radius 2 is 2.03 bits per heavy atom. The van der Waals surface area contributed by atoms with E-state index in [-0.39, 0.29) is 45.1 Å². The number of nitrogens with one attached hydrogen (secondary N) is 1. The molecule has 0 spiro atoms. The normalized spacial score (nSPS) is 19.8. The average Bonchev–Trinajstić information content (AvgIpc) is 3.20. The van der Waals surface area contributed by atoms with Crippen LogP contribution in [-0.4, -0.2) is 46.7 Å². The summed E-state index contributed by atoms with van der Waals surface area (Å²) in [4.78, 5) is 26.5. The number of esters is 1. The van der Waals surface area contributed by atoms with Crippen LogP contribution in [0.3, 0.4) is 0 Å². The molecule has 11 heteroatoms. The van der Waals surface area contributed by atoms with E-state index in [4.69, 9.17) is 9.47 Å². The van der Waals surface area contributed by atoms with Gasteiger partial charge in [-0.3, -0.25) is 9.52 Å². The molecule has 1 amide bonds. The van der Waals surface area contributed by atoms with Crippen LogP contribution in [0.1, 0.15) is 35.2 Å². The number of halogens is 2. The highest BCUT2D eigenvalue weighted by Gasteiger charge is 2.42. The maximum absolute atomic E-state index is 13.4. The summed E-state index contributed by atoms with van der Waals surface area (Å²) in [5.74, 6) is -1.74. The van der Waals surface area contributed by atoms with E-state index in [1.807, 2.05) is 0 Å². The standard InChI is InChI=1S/C21H20BrFN2O6S/c1-11(26)25-10-17-13(7-8-31-17)14-4-5-16(19(20(14)25)21(27)30-2)24-32(28,29)18-6-3-12(23)9-15(18)22/h3-6,9,13,17,24H,7-8,10H2,1-2H3/t13-,17+/m0/s1. The summed E-state index contributed by atoms with van der Waals surface area (Å²) in [6.45, 7) is 2.14. The lowest BCUT2D eigenvalue weighted by Gasteiger charge is -2.37. The van der Waals surface area contributed by atoms with Crippen LogP contribution in [0.25, 0.3) is 0 Å². The van der Waals surface area contributed by atoms with Crippen LogP contribution in [0.4, 0.5) is 15.8 Å². The Morgan fingerprint density at radius 1 is 1.28 bits per heavy atom. The molecule has 32 heavy (non-hydrogen) atoms. The molecule has 0 saturated carbocycles. The highest BCUT2D eigenvalue weighted by Crippen LogP contribution is 2.46. The minimum Gasteiger partial charge on any atom is -0.465 e. The van der Waals surface area contributed by atoms with E-state index >= 15 is 0 Å². The van der Waals surface area contributed by atoms with Crippen molar-refractivity contribution >= 4 is 49.2 Å². The molecule has 0 bridgehead atoms. The predicted octanol–water partition coefficient (Wildman–Crippen LogP) is 3.41. The second-order valence-corrected chi connectivity index (χ2v) is 10.0. The molecule has 8 nitrogen and oxygen atoms in total. The Bertz CT molecular complexity index is 1220. The van der Waals surface area contributed by atoms with Crippen molar-refractivity contribution in [2.45, 2.75) is 30.3 Å². The summed E-state index contributed by atoms with van der Waals surface area (Å²) in [6, 6.07) is 6.33. The highest BCUT2D eigenvalue weighted by atomic mass is 79.9. The molecule has 4 rings (SSSR count). The van der Waals surface area contributed by atoms with Crippen LogP contribution in [-0.2, 0) is 24.3 Å². The van der Waals surface area contributed by atoms with Crippen molar-refractivity contribution in [3.05, 3.63) is 51.7 Å². The van der Waals surface area contributed by atoms with Gasteiger partial charge in [0, 0.05) is 23.9 Å². The molecule has 2 aromatic carbocycles. The first kappa shape index (κ1) is 22.7. The number of carbonyl (C=O) groups excluding carboxylic acids is 2. The zero-order valence-electron chi connectivity index (χ0n) is 17.2. The van der Waals surface area contributed by atoms with E-state index in [0.29, 0.717) is 12.3 Å². The number of carbonyl (C=O) groups is 2. The predicted molar refractivity (Wildman–Crippen MR) is 118 cm³/mol. The Labute approximate surface area is 192 Å². The number of amides is 1. The Balaban J connectivity index is 1.88. The van der Waals surface area contributed by atoms with Crippen molar-refractivity contribution in [2.75, 3.05) is 29.9 Å². The van der Waals surface area contributed by atoms with Gasteiger partial charge in [0.25, 0.3) is 10.0 Å². The summed E-state index contributed by atoms with van der Waals surface area (Å²) < 4.78 is 52.7. The van der Waals surface area contributed by atoms with Crippen LogP contribution in [0.15, 0.2) is 39.7 Å². The van der Waals surface area contributed by atoms with E-state index < -0.39 is 21.8 Å². The number of hydrogen-bond acceptors (Lipinski definition) is 6. The fourth-order valence-electron chi connectivity index (χ4n) is 4.23. The molecule has 2 aromatic rings. The molecule has 0 aromatic heterocycles. The lowest BCUT2D eigenvalue weighted by atomic mass is 9.85.